The number of unbranched alkanes of at least 4 members (excludes halogenated alkanes) is 1. The van der Waals surface area contributed by atoms with Crippen LogP contribution in [0.1, 0.15) is 58.8 Å². The van der Waals surface area contributed by atoms with E-state index in [1.807, 2.05) is 0 Å². The Kier molecular flexibility index (Phi) is 6.26. The standard InChI is InChI=1S/C13H27NO/c1-11(2)10-12(14)6-3-4-7-13-8-5-9-15-13/h11-13H,3-10,14H2,1-2H3. The third-order valence-corrected chi connectivity index (χ3v) is 3.15. The van der Waals surface area contributed by atoms with Gasteiger partial charge in [0.2, 0.25) is 0 Å². The zero-order valence-electron chi connectivity index (χ0n) is 10.4. The largest absolute Gasteiger partial charge is 0.378 e. The molecule has 0 aromatic heterocycles. The smallest absolute Gasteiger partial charge is 0.0576 e. The summed E-state index contributed by atoms with van der Waals surface area (Å²) in [7, 11) is 0. The molecule has 15 heavy (non-hydrogen) atoms. The molecule has 0 amide bonds. The second kappa shape index (κ2) is 7.24. The van der Waals surface area contributed by atoms with Crippen LogP contribution in [0, 0.1) is 5.92 Å². The molecule has 0 bridgehead atoms. The quantitative estimate of drug-likeness (QED) is 0.660. The van der Waals surface area contributed by atoms with Crippen molar-refractivity contribution in [2.75, 3.05) is 6.61 Å². The Labute approximate surface area is 94.6 Å². The van der Waals surface area contributed by atoms with Crippen LogP contribution in [-0.4, -0.2) is 18.8 Å². The second-order valence-corrected chi connectivity index (χ2v) is 5.31. The van der Waals surface area contributed by atoms with Gasteiger partial charge in [-0.3, -0.25) is 0 Å². The highest BCUT2D eigenvalue weighted by Gasteiger charge is 2.14. The van der Waals surface area contributed by atoms with Gasteiger partial charge in [0.05, 0.1) is 6.10 Å². The van der Waals surface area contributed by atoms with E-state index in [1.165, 1.54) is 44.9 Å². The van der Waals surface area contributed by atoms with Gasteiger partial charge in [-0.15, -0.1) is 0 Å². The molecule has 2 unspecified atom stereocenters. The van der Waals surface area contributed by atoms with Crippen LogP contribution >= 0.6 is 0 Å². The second-order valence-electron chi connectivity index (χ2n) is 5.31. The lowest BCUT2D eigenvalue weighted by molar-refractivity contribution is 0.102. The molecular formula is C13H27NO. The summed E-state index contributed by atoms with van der Waals surface area (Å²) in [5, 5.41) is 0. The molecule has 0 saturated carbocycles. The monoisotopic (exact) mass is 213 g/mol. The maximum atomic E-state index is 6.04. The highest BCUT2D eigenvalue weighted by atomic mass is 16.5. The number of ether oxygens (including phenoxy) is 1. The molecule has 1 saturated heterocycles. The summed E-state index contributed by atoms with van der Waals surface area (Å²) in [5.41, 5.74) is 6.04. The fourth-order valence-corrected chi connectivity index (χ4v) is 2.37. The molecule has 1 aliphatic heterocycles. The molecule has 1 rings (SSSR count). The highest BCUT2D eigenvalue weighted by Crippen LogP contribution is 2.18. The van der Waals surface area contributed by atoms with Gasteiger partial charge < -0.3 is 10.5 Å². The average Bonchev–Trinajstić information content (AvgIpc) is 2.63. The predicted octanol–water partition coefficient (Wildman–Crippen LogP) is 3.10. The van der Waals surface area contributed by atoms with E-state index in [-0.39, 0.29) is 0 Å². The summed E-state index contributed by atoms with van der Waals surface area (Å²) >= 11 is 0. The van der Waals surface area contributed by atoms with Gasteiger partial charge in [0, 0.05) is 12.6 Å². The van der Waals surface area contributed by atoms with Crippen LogP contribution < -0.4 is 5.73 Å². The fourth-order valence-electron chi connectivity index (χ4n) is 2.37. The van der Waals surface area contributed by atoms with Crippen LogP contribution in [0.2, 0.25) is 0 Å². The molecule has 90 valence electrons. The summed E-state index contributed by atoms with van der Waals surface area (Å²) in [6.45, 7) is 5.47. The zero-order valence-corrected chi connectivity index (χ0v) is 10.4. The summed E-state index contributed by atoms with van der Waals surface area (Å²) in [6.07, 6.45) is 9.25. The number of hydrogen-bond acceptors (Lipinski definition) is 2. The van der Waals surface area contributed by atoms with Crippen LogP contribution in [0.15, 0.2) is 0 Å². The lowest BCUT2D eigenvalue weighted by Gasteiger charge is -2.14. The Morgan fingerprint density at radius 3 is 2.73 bits per heavy atom. The van der Waals surface area contributed by atoms with E-state index in [9.17, 15) is 0 Å². The Bertz CT molecular complexity index is 153. The van der Waals surface area contributed by atoms with Crippen LogP contribution in [0.25, 0.3) is 0 Å². The average molecular weight is 213 g/mol. The lowest BCUT2D eigenvalue weighted by atomic mass is 9.98. The molecule has 2 nitrogen and oxygen atoms in total. The first kappa shape index (κ1) is 13.0. The molecule has 0 spiro atoms. The van der Waals surface area contributed by atoms with E-state index in [4.69, 9.17) is 10.5 Å². The van der Waals surface area contributed by atoms with Gasteiger partial charge in [-0.2, -0.15) is 0 Å². The maximum absolute atomic E-state index is 6.04. The molecule has 0 radical (unpaired) electrons. The zero-order chi connectivity index (χ0) is 11.1. The van der Waals surface area contributed by atoms with Crippen LogP contribution in [-0.2, 0) is 4.74 Å². The first-order chi connectivity index (χ1) is 7.18. The molecule has 1 heterocycles. The van der Waals surface area contributed by atoms with Crippen molar-refractivity contribution in [3.8, 4) is 0 Å². The van der Waals surface area contributed by atoms with Crippen molar-refractivity contribution < 1.29 is 4.74 Å². The highest BCUT2D eigenvalue weighted by molar-refractivity contribution is 4.67. The number of rotatable bonds is 7. The van der Waals surface area contributed by atoms with Gasteiger partial charge in [0.25, 0.3) is 0 Å². The third-order valence-electron chi connectivity index (χ3n) is 3.15. The Balaban J connectivity index is 1.91. The van der Waals surface area contributed by atoms with Gasteiger partial charge in [0.15, 0.2) is 0 Å². The van der Waals surface area contributed by atoms with E-state index >= 15 is 0 Å². The Morgan fingerprint density at radius 1 is 1.33 bits per heavy atom. The molecule has 2 atom stereocenters. The van der Waals surface area contributed by atoms with Gasteiger partial charge >= 0.3 is 0 Å². The third kappa shape index (κ3) is 6.16. The van der Waals surface area contributed by atoms with Crippen molar-refractivity contribution in [2.24, 2.45) is 11.7 Å². The molecule has 2 N–H and O–H groups in total. The molecular weight excluding hydrogens is 186 g/mol. The molecule has 2 heteroatoms. The minimum Gasteiger partial charge on any atom is -0.378 e. The van der Waals surface area contributed by atoms with Gasteiger partial charge in [-0.25, -0.2) is 0 Å². The van der Waals surface area contributed by atoms with E-state index in [0.717, 1.165) is 12.5 Å². The van der Waals surface area contributed by atoms with Gasteiger partial charge in [0.1, 0.15) is 0 Å². The Hall–Kier alpha value is -0.0800. The van der Waals surface area contributed by atoms with Gasteiger partial charge in [-0.05, 0) is 38.0 Å². The van der Waals surface area contributed by atoms with Gasteiger partial charge in [-0.1, -0.05) is 26.7 Å². The van der Waals surface area contributed by atoms with Crippen molar-refractivity contribution >= 4 is 0 Å². The topological polar surface area (TPSA) is 35.2 Å². The predicted molar refractivity (Wildman–Crippen MR) is 64.9 cm³/mol. The van der Waals surface area contributed by atoms with E-state index in [2.05, 4.69) is 13.8 Å². The van der Waals surface area contributed by atoms with E-state index < -0.39 is 0 Å². The number of hydrogen-bond donors (Lipinski definition) is 1. The summed E-state index contributed by atoms with van der Waals surface area (Å²) in [5.74, 6) is 0.734. The first-order valence-corrected chi connectivity index (χ1v) is 6.55. The molecule has 1 aliphatic rings. The maximum Gasteiger partial charge on any atom is 0.0576 e. The summed E-state index contributed by atoms with van der Waals surface area (Å²) < 4.78 is 5.59. The fraction of sp³-hybridized carbons (Fsp3) is 1.00. The molecule has 1 fully saturated rings. The summed E-state index contributed by atoms with van der Waals surface area (Å²) in [6, 6.07) is 0.412. The van der Waals surface area contributed by atoms with Crippen molar-refractivity contribution in [3.63, 3.8) is 0 Å². The van der Waals surface area contributed by atoms with Crippen molar-refractivity contribution in [1.82, 2.24) is 0 Å². The summed E-state index contributed by atoms with van der Waals surface area (Å²) in [4.78, 5) is 0. The van der Waals surface area contributed by atoms with E-state index in [0.29, 0.717) is 12.1 Å². The van der Waals surface area contributed by atoms with Crippen LogP contribution in [0.3, 0.4) is 0 Å². The Morgan fingerprint density at radius 2 is 2.13 bits per heavy atom. The van der Waals surface area contributed by atoms with Crippen LogP contribution in [0.5, 0.6) is 0 Å². The minimum atomic E-state index is 0.412. The van der Waals surface area contributed by atoms with Crippen molar-refractivity contribution in [3.05, 3.63) is 0 Å². The van der Waals surface area contributed by atoms with Crippen LogP contribution in [0.4, 0.5) is 0 Å². The first-order valence-electron chi connectivity index (χ1n) is 6.55. The normalized spacial score (nSPS) is 23.6. The molecule has 0 aliphatic carbocycles. The molecule has 0 aromatic rings. The van der Waals surface area contributed by atoms with E-state index in [1.54, 1.807) is 0 Å². The SMILES string of the molecule is CC(C)CC(N)CCCCC1CCCO1. The number of nitrogens with two attached hydrogens (primary N) is 1. The van der Waals surface area contributed by atoms with Crippen molar-refractivity contribution in [1.29, 1.82) is 0 Å². The lowest BCUT2D eigenvalue weighted by Crippen LogP contribution is -2.21. The minimum absolute atomic E-state index is 0.412. The molecule has 0 aromatic carbocycles. The van der Waals surface area contributed by atoms with Crippen molar-refractivity contribution in [2.45, 2.75) is 70.9 Å².